The summed E-state index contributed by atoms with van der Waals surface area (Å²) in [7, 11) is -3.39. The lowest BCUT2D eigenvalue weighted by Gasteiger charge is -2.31. The first-order valence-corrected chi connectivity index (χ1v) is 12.3. The van der Waals surface area contributed by atoms with Crippen LogP contribution in [-0.4, -0.2) is 44.5 Å². The lowest BCUT2D eigenvalue weighted by molar-refractivity contribution is -0.121. The van der Waals surface area contributed by atoms with E-state index in [1.165, 1.54) is 0 Å². The highest BCUT2D eigenvalue weighted by Crippen LogP contribution is 2.25. The Kier molecular flexibility index (Phi) is 6.14. The molecule has 0 saturated carbocycles. The molecule has 1 fully saturated rings. The molecule has 166 valence electrons. The molecule has 32 heavy (non-hydrogen) atoms. The fraction of sp³-hybridized carbons (Fsp3) is 0.250. The van der Waals surface area contributed by atoms with Gasteiger partial charge in [-0.2, -0.15) is 0 Å². The van der Waals surface area contributed by atoms with Crippen molar-refractivity contribution in [3.63, 3.8) is 0 Å². The van der Waals surface area contributed by atoms with E-state index in [0.29, 0.717) is 42.9 Å². The number of carbonyl (C=O) groups is 2. The molecule has 0 aliphatic carbocycles. The van der Waals surface area contributed by atoms with E-state index in [0.717, 1.165) is 17.0 Å². The summed E-state index contributed by atoms with van der Waals surface area (Å²) in [6.45, 7) is 1.02. The zero-order valence-corrected chi connectivity index (χ0v) is 18.6. The summed E-state index contributed by atoms with van der Waals surface area (Å²) in [5, 5.41) is 4.82. The second kappa shape index (κ2) is 9.00. The van der Waals surface area contributed by atoms with Crippen LogP contribution in [0.15, 0.2) is 66.7 Å². The monoisotopic (exact) mass is 451 g/mol. The molecule has 1 aliphatic heterocycles. The molecule has 2 N–H and O–H groups in total. The zero-order chi connectivity index (χ0) is 22.7. The third-order valence-corrected chi connectivity index (χ3v) is 6.21. The predicted molar refractivity (Wildman–Crippen MR) is 126 cm³/mol. The van der Waals surface area contributed by atoms with Gasteiger partial charge in [-0.25, -0.2) is 8.42 Å². The molecule has 1 saturated heterocycles. The summed E-state index contributed by atoms with van der Waals surface area (Å²) >= 11 is 0. The lowest BCUT2D eigenvalue weighted by atomic mass is 9.94. The van der Waals surface area contributed by atoms with Crippen LogP contribution in [0.3, 0.4) is 0 Å². The molecule has 0 spiro atoms. The quantitative estimate of drug-likeness (QED) is 0.618. The van der Waals surface area contributed by atoms with Gasteiger partial charge in [-0.15, -0.1) is 0 Å². The van der Waals surface area contributed by atoms with Gasteiger partial charge >= 0.3 is 0 Å². The number of rotatable bonds is 5. The smallest absolute Gasteiger partial charge is 0.254 e. The topological polar surface area (TPSA) is 95.6 Å². The number of sulfonamides is 1. The first kappa shape index (κ1) is 21.8. The molecule has 0 aromatic heterocycles. The number of hydrogen-bond donors (Lipinski definition) is 2. The van der Waals surface area contributed by atoms with E-state index in [9.17, 15) is 18.0 Å². The van der Waals surface area contributed by atoms with Gasteiger partial charge in [0.15, 0.2) is 0 Å². The molecule has 7 nitrogen and oxygen atoms in total. The van der Waals surface area contributed by atoms with E-state index in [4.69, 9.17) is 0 Å². The predicted octanol–water partition coefficient (Wildman–Crippen LogP) is 3.70. The van der Waals surface area contributed by atoms with Gasteiger partial charge in [0, 0.05) is 30.3 Å². The second-order valence-electron chi connectivity index (χ2n) is 8.04. The first-order chi connectivity index (χ1) is 15.3. The van der Waals surface area contributed by atoms with E-state index >= 15 is 0 Å². The number of hydrogen-bond acceptors (Lipinski definition) is 4. The number of likely N-dealkylation sites (tertiary alicyclic amines) is 1. The molecule has 1 heterocycles. The van der Waals surface area contributed by atoms with Gasteiger partial charge < -0.3 is 10.2 Å². The molecular formula is C24H25N3O4S. The van der Waals surface area contributed by atoms with Crippen molar-refractivity contribution in [2.75, 3.05) is 29.4 Å². The van der Waals surface area contributed by atoms with E-state index < -0.39 is 10.0 Å². The zero-order valence-electron chi connectivity index (χ0n) is 17.7. The minimum Gasteiger partial charge on any atom is -0.339 e. The van der Waals surface area contributed by atoms with E-state index in [2.05, 4.69) is 10.0 Å². The molecule has 0 radical (unpaired) electrons. The molecule has 0 atom stereocenters. The van der Waals surface area contributed by atoms with Crippen LogP contribution in [0, 0.1) is 5.92 Å². The number of amides is 2. The molecule has 2 amide bonds. The van der Waals surface area contributed by atoms with Crippen LogP contribution in [0.1, 0.15) is 23.2 Å². The fourth-order valence-corrected chi connectivity index (χ4v) is 4.60. The van der Waals surface area contributed by atoms with Gasteiger partial charge in [0.25, 0.3) is 5.91 Å². The first-order valence-electron chi connectivity index (χ1n) is 10.5. The molecule has 3 aromatic carbocycles. The van der Waals surface area contributed by atoms with Crippen molar-refractivity contribution in [3.05, 3.63) is 72.3 Å². The van der Waals surface area contributed by atoms with Gasteiger partial charge in [-0.1, -0.05) is 42.5 Å². The van der Waals surface area contributed by atoms with Crippen molar-refractivity contribution in [2.45, 2.75) is 12.8 Å². The minimum absolute atomic E-state index is 0.0137. The molecular weight excluding hydrogens is 426 g/mol. The molecule has 1 aliphatic rings. The van der Waals surface area contributed by atoms with Crippen molar-refractivity contribution in [1.29, 1.82) is 0 Å². The number of nitrogens with zero attached hydrogens (tertiary/aromatic N) is 1. The van der Waals surface area contributed by atoms with Crippen LogP contribution in [0.2, 0.25) is 0 Å². The van der Waals surface area contributed by atoms with Crippen LogP contribution in [0.4, 0.5) is 11.4 Å². The van der Waals surface area contributed by atoms with Crippen molar-refractivity contribution in [3.8, 4) is 0 Å². The Hall–Kier alpha value is -3.39. The van der Waals surface area contributed by atoms with Crippen molar-refractivity contribution in [1.82, 2.24) is 4.90 Å². The van der Waals surface area contributed by atoms with E-state index in [-0.39, 0.29) is 17.7 Å². The molecule has 8 heteroatoms. The maximum absolute atomic E-state index is 13.1. The Labute approximate surface area is 187 Å². The number of anilines is 2. The van der Waals surface area contributed by atoms with Gasteiger partial charge in [-0.3, -0.25) is 14.3 Å². The summed E-state index contributed by atoms with van der Waals surface area (Å²) in [5.74, 6) is -0.350. The van der Waals surface area contributed by atoms with E-state index in [1.807, 2.05) is 47.4 Å². The van der Waals surface area contributed by atoms with Crippen LogP contribution < -0.4 is 10.0 Å². The highest BCUT2D eigenvalue weighted by Gasteiger charge is 2.28. The Balaban J connectivity index is 1.38. The molecule has 3 aromatic rings. The summed E-state index contributed by atoms with van der Waals surface area (Å²) < 4.78 is 25.2. The van der Waals surface area contributed by atoms with Gasteiger partial charge in [0.2, 0.25) is 15.9 Å². The maximum atomic E-state index is 13.1. The summed E-state index contributed by atoms with van der Waals surface area (Å²) in [4.78, 5) is 27.6. The highest BCUT2D eigenvalue weighted by atomic mass is 32.2. The standard InChI is InChI=1S/C24H25N3O4S/c1-32(30,31)26-20-9-5-8-19(16-20)25-23(28)18-12-14-27(15-13-18)24(29)22-11-4-7-17-6-2-3-10-21(17)22/h2-11,16,18,26H,12-15H2,1H3,(H,25,28). The normalized spacial score (nSPS) is 14.8. The van der Waals surface area contributed by atoms with Crippen LogP contribution in [-0.2, 0) is 14.8 Å². The number of nitrogens with one attached hydrogen (secondary N) is 2. The number of piperidine rings is 1. The number of fused-ring (bicyclic) bond motifs is 1. The Bertz CT molecular complexity index is 1260. The number of carbonyl (C=O) groups excluding carboxylic acids is 2. The van der Waals surface area contributed by atoms with Crippen LogP contribution >= 0.6 is 0 Å². The highest BCUT2D eigenvalue weighted by molar-refractivity contribution is 7.92. The summed E-state index contributed by atoms with van der Waals surface area (Å²) in [6, 6.07) is 20.1. The van der Waals surface area contributed by atoms with Crippen LogP contribution in [0.25, 0.3) is 10.8 Å². The van der Waals surface area contributed by atoms with E-state index in [1.54, 1.807) is 24.3 Å². The Morgan fingerprint density at radius 1 is 0.906 bits per heavy atom. The van der Waals surface area contributed by atoms with Gasteiger partial charge in [0.1, 0.15) is 0 Å². The molecule has 4 rings (SSSR count). The Morgan fingerprint density at radius 2 is 1.56 bits per heavy atom. The summed E-state index contributed by atoms with van der Waals surface area (Å²) in [6.07, 6.45) is 2.22. The summed E-state index contributed by atoms with van der Waals surface area (Å²) in [5.41, 5.74) is 1.60. The maximum Gasteiger partial charge on any atom is 0.254 e. The fourth-order valence-electron chi connectivity index (χ4n) is 4.05. The molecule has 0 unspecified atom stereocenters. The molecule has 0 bridgehead atoms. The average molecular weight is 452 g/mol. The third-order valence-electron chi connectivity index (χ3n) is 5.61. The van der Waals surface area contributed by atoms with Crippen LogP contribution in [0.5, 0.6) is 0 Å². The van der Waals surface area contributed by atoms with Crippen molar-refractivity contribution < 1.29 is 18.0 Å². The second-order valence-corrected chi connectivity index (χ2v) is 9.79. The van der Waals surface area contributed by atoms with Gasteiger partial charge in [-0.05, 0) is 47.9 Å². The number of benzene rings is 3. The van der Waals surface area contributed by atoms with Crippen molar-refractivity contribution >= 4 is 44.0 Å². The average Bonchev–Trinajstić information content (AvgIpc) is 2.77. The third kappa shape index (κ3) is 5.08. The lowest BCUT2D eigenvalue weighted by Crippen LogP contribution is -2.41. The SMILES string of the molecule is CS(=O)(=O)Nc1cccc(NC(=O)C2CCN(C(=O)c3cccc4ccccc34)CC2)c1. The largest absolute Gasteiger partial charge is 0.339 e. The Morgan fingerprint density at radius 3 is 2.31 bits per heavy atom. The van der Waals surface area contributed by atoms with Gasteiger partial charge in [0.05, 0.1) is 11.9 Å². The van der Waals surface area contributed by atoms with Crippen molar-refractivity contribution in [2.24, 2.45) is 5.92 Å². The minimum atomic E-state index is -3.39.